The lowest BCUT2D eigenvalue weighted by Crippen LogP contribution is -2.53. The molecule has 4 aromatic rings. The first kappa shape index (κ1) is 21.5. The molecule has 0 bridgehead atoms. The molecule has 0 amide bonds. The van der Waals surface area contributed by atoms with Crippen LogP contribution < -0.4 is 4.74 Å². The average Bonchev–Trinajstić information content (AvgIpc) is 3.24. The number of nitriles is 1. The Kier molecular flexibility index (Phi) is 5.39. The van der Waals surface area contributed by atoms with Crippen LogP contribution in [0.5, 0.6) is 5.88 Å². The van der Waals surface area contributed by atoms with E-state index in [2.05, 4.69) is 6.07 Å². The molecule has 2 unspecified atom stereocenters. The van der Waals surface area contributed by atoms with E-state index in [1.807, 2.05) is 97.9 Å². The third-order valence-corrected chi connectivity index (χ3v) is 6.51. The van der Waals surface area contributed by atoms with Gasteiger partial charge in [-0.15, -0.1) is 0 Å². The van der Waals surface area contributed by atoms with Crippen molar-refractivity contribution in [3.8, 4) is 17.6 Å². The highest BCUT2D eigenvalue weighted by Crippen LogP contribution is 2.55. The summed E-state index contributed by atoms with van der Waals surface area (Å²) in [5.41, 5.74) is 2.48. The van der Waals surface area contributed by atoms with E-state index in [-0.39, 0.29) is 0 Å². The Balaban J connectivity index is 1.88. The molecule has 34 heavy (non-hydrogen) atoms. The molecule has 0 radical (unpaired) electrons. The molecule has 0 N–H and O–H groups in total. The van der Waals surface area contributed by atoms with Crippen molar-refractivity contribution in [3.05, 3.63) is 113 Å². The highest BCUT2D eigenvalue weighted by Gasteiger charge is 2.59. The second-order valence-corrected chi connectivity index (χ2v) is 8.24. The van der Waals surface area contributed by atoms with Crippen LogP contribution >= 0.6 is 0 Å². The van der Waals surface area contributed by atoms with Crippen molar-refractivity contribution in [2.75, 3.05) is 7.11 Å². The summed E-state index contributed by atoms with van der Waals surface area (Å²) in [6, 6.07) is 31.0. The van der Waals surface area contributed by atoms with Gasteiger partial charge < -0.3 is 9.47 Å². The van der Waals surface area contributed by atoms with Crippen LogP contribution in [0.4, 0.5) is 0 Å². The van der Waals surface area contributed by atoms with Crippen molar-refractivity contribution in [2.45, 2.75) is 24.4 Å². The van der Waals surface area contributed by atoms with E-state index in [1.54, 1.807) is 4.68 Å². The van der Waals surface area contributed by atoms with Gasteiger partial charge in [0.05, 0.1) is 29.5 Å². The maximum absolute atomic E-state index is 13.6. The van der Waals surface area contributed by atoms with E-state index in [1.165, 1.54) is 7.11 Å². The Morgan fingerprint density at radius 2 is 1.50 bits per heavy atom. The van der Waals surface area contributed by atoms with Crippen molar-refractivity contribution in [1.29, 1.82) is 5.26 Å². The molecule has 0 spiro atoms. The summed E-state index contributed by atoms with van der Waals surface area (Å²) in [7, 11) is 1.37. The van der Waals surface area contributed by atoms with Crippen molar-refractivity contribution in [3.63, 3.8) is 0 Å². The Morgan fingerprint density at radius 3 is 2.00 bits per heavy atom. The van der Waals surface area contributed by atoms with Crippen LogP contribution in [0.25, 0.3) is 5.69 Å². The van der Waals surface area contributed by atoms with Gasteiger partial charge in [-0.1, -0.05) is 78.9 Å². The Labute approximate surface area is 198 Å². The maximum Gasteiger partial charge on any atom is 0.314 e. The Hall–Kier alpha value is -4.37. The molecule has 0 saturated heterocycles. The molecule has 3 aromatic carbocycles. The molecule has 1 aliphatic heterocycles. The number of hydrogen-bond acceptors (Lipinski definition) is 5. The summed E-state index contributed by atoms with van der Waals surface area (Å²) in [4.78, 5) is 13.6. The van der Waals surface area contributed by atoms with E-state index in [0.717, 1.165) is 16.8 Å². The number of nitrogens with zero attached hydrogens (tertiary/aromatic N) is 3. The number of rotatable bonds is 4. The minimum absolute atomic E-state index is 0.383. The van der Waals surface area contributed by atoms with Crippen LogP contribution in [0.1, 0.15) is 28.3 Å². The summed E-state index contributed by atoms with van der Waals surface area (Å²) in [5, 5.41) is 15.2. The molecule has 168 valence electrons. The number of aromatic nitrogens is 2. The average molecular weight is 450 g/mol. The lowest BCUT2D eigenvalue weighted by atomic mass is 9.59. The number of para-hydroxylation sites is 1. The third-order valence-electron chi connectivity index (χ3n) is 6.51. The van der Waals surface area contributed by atoms with Crippen LogP contribution in [0, 0.1) is 18.3 Å². The molecule has 0 fully saturated rings. The number of hydrogen-bond donors (Lipinski definition) is 0. The SMILES string of the molecule is COC(=O)C1c2c(C)nn(-c3ccccc3)c2OC(C#N)C1(c1ccccc1)c1ccccc1. The lowest BCUT2D eigenvalue weighted by molar-refractivity contribution is -0.145. The predicted octanol–water partition coefficient (Wildman–Crippen LogP) is 4.71. The first-order chi connectivity index (χ1) is 16.6. The van der Waals surface area contributed by atoms with E-state index < -0.39 is 23.4 Å². The fraction of sp³-hybridized carbons (Fsp3) is 0.179. The van der Waals surface area contributed by atoms with Crippen molar-refractivity contribution < 1.29 is 14.3 Å². The van der Waals surface area contributed by atoms with E-state index in [4.69, 9.17) is 14.6 Å². The highest BCUT2D eigenvalue weighted by atomic mass is 16.5. The standard InChI is InChI=1S/C28H23N3O3/c1-19-24-25(27(32)33-2)28(20-12-6-3-7-13-20,21-14-8-4-9-15-21)23(18-29)34-26(24)31(30-19)22-16-10-5-11-17-22/h3-17,23,25H,1-2H3. The fourth-order valence-electron chi connectivity index (χ4n) is 5.07. The quantitative estimate of drug-likeness (QED) is 0.422. The van der Waals surface area contributed by atoms with Crippen LogP contribution in [0.2, 0.25) is 0 Å². The monoisotopic (exact) mass is 449 g/mol. The van der Waals surface area contributed by atoms with Crippen LogP contribution in [0.3, 0.4) is 0 Å². The third kappa shape index (κ3) is 3.09. The van der Waals surface area contributed by atoms with Crippen molar-refractivity contribution in [1.82, 2.24) is 9.78 Å². The molecule has 0 saturated carbocycles. The highest BCUT2D eigenvalue weighted by molar-refractivity contribution is 5.84. The molecule has 0 aliphatic carbocycles. The Morgan fingerprint density at radius 1 is 0.971 bits per heavy atom. The van der Waals surface area contributed by atoms with Gasteiger partial charge in [0.15, 0.2) is 0 Å². The second kappa shape index (κ2) is 8.53. The van der Waals surface area contributed by atoms with Gasteiger partial charge in [-0.25, -0.2) is 4.68 Å². The second-order valence-electron chi connectivity index (χ2n) is 8.24. The van der Waals surface area contributed by atoms with Crippen molar-refractivity contribution in [2.24, 2.45) is 0 Å². The number of aryl methyl sites for hydroxylation is 1. The Bertz CT molecular complexity index is 1320. The molecule has 1 aliphatic rings. The molecule has 1 aromatic heterocycles. The van der Waals surface area contributed by atoms with Gasteiger partial charge in [0.1, 0.15) is 12.0 Å². The normalized spacial score (nSPS) is 18.3. The fourth-order valence-corrected chi connectivity index (χ4v) is 5.07. The minimum Gasteiger partial charge on any atom is -0.469 e. The summed E-state index contributed by atoms with van der Waals surface area (Å²) in [6.07, 6.45) is -1.02. The van der Waals surface area contributed by atoms with Crippen LogP contribution in [-0.4, -0.2) is 29.0 Å². The van der Waals surface area contributed by atoms with Gasteiger partial charge >= 0.3 is 5.97 Å². The van der Waals surface area contributed by atoms with Crippen LogP contribution in [-0.2, 0) is 14.9 Å². The van der Waals surface area contributed by atoms with Gasteiger partial charge in [0, 0.05) is 0 Å². The first-order valence-electron chi connectivity index (χ1n) is 11.0. The molecule has 2 heterocycles. The largest absolute Gasteiger partial charge is 0.469 e. The number of esters is 1. The zero-order valence-electron chi connectivity index (χ0n) is 18.9. The number of fused-ring (bicyclic) bond motifs is 1. The van der Waals surface area contributed by atoms with E-state index in [9.17, 15) is 10.1 Å². The molecular formula is C28H23N3O3. The molecular weight excluding hydrogens is 426 g/mol. The van der Waals surface area contributed by atoms with E-state index >= 15 is 0 Å². The number of methoxy groups -OCH3 is 1. The smallest absolute Gasteiger partial charge is 0.314 e. The maximum atomic E-state index is 13.6. The van der Waals surface area contributed by atoms with Gasteiger partial charge in [-0.05, 0) is 30.2 Å². The molecule has 6 nitrogen and oxygen atoms in total. The van der Waals surface area contributed by atoms with E-state index in [0.29, 0.717) is 17.1 Å². The summed E-state index contributed by atoms with van der Waals surface area (Å²) in [5.74, 6) is -0.922. The van der Waals surface area contributed by atoms with Crippen molar-refractivity contribution >= 4 is 5.97 Å². The lowest BCUT2D eigenvalue weighted by Gasteiger charge is -2.46. The number of carbonyl (C=O) groups is 1. The number of ether oxygens (including phenoxy) is 2. The topological polar surface area (TPSA) is 77.1 Å². The molecule has 2 atom stereocenters. The summed E-state index contributed by atoms with van der Waals surface area (Å²) >= 11 is 0. The number of carbonyl (C=O) groups excluding carboxylic acids is 1. The van der Waals surface area contributed by atoms with Gasteiger partial charge in [0.25, 0.3) is 0 Å². The molecule has 6 heteroatoms. The summed E-state index contributed by atoms with van der Waals surface area (Å²) in [6.45, 7) is 1.85. The van der Waals surface area contributed by atoms with Gasteiger partial charge in [-0.2, -0.15) is 10.4 Å². The molecule has 5 rings (SSSR count). The minimum atomic E-state index is -1.15. The van der Waals surface area contributed by atoms with Gasteiger partial charge in [0.2, 0.25) is 12.0 Å². The zero-order chi connectivity index (χ0) is 23.7. The van der Waals surface area contributed by atoms with Crippen LogP contribution in [0.15, 0.2) is 91.0 Å². The number of benzene rings is 3. The first-order valence-corrected chi connectivity index (χ1v) is 11.0. The predicted molar refractivity (Wildman–Crippen MR) is 127 cm³/mol. The zero-order valence-corrected chi connectivity index (χ0v) is 18.9. The summed E-state index contributed by atoms with van der Waals surface area (Å²) < 4.78 is 13.5. The van der Waals surface area contributed by atoms with Gasteiger partial charge in [-0.3, -0.25) is 4.79 Å².